The third-order valence-corrected chi connectivity index (χ3v) is 6.47. The van der Waals surface area contributed by atoms with E-state index in [-0.39, 0.29) is 24.3 Å². The maximum absolute atomic E-state index is 11.7. The van der Waals surface area contributed by atoms with E-state index >= 15 is 0 Å². The molecule has 21 heavy (non-hydrogen) atoms. The van der Waals surface area contributed by atoms with Gasteiger partial charge in [0.05, 0.1) is 23.5 Å². The molecule has 3 rings (SSSR count). The molecule has 0 amide bonds. The fraction of sp³-hybridized carbons (Fsp3) is 0.500. The third kappa shape index (κ3) is 2.68. The van der Waals surface area contributed by atoms with Crippen LogP contribution in [0.3, 0.4) is 0 Å². The molecule has 1 atom stereocenters. The van der Waals surface area contributed by atoms with Gasteiger partial charge in [-0.15, -0.1) is 0 Å². The van der Waals surface area contributed by atoms with Crippen LogP contribution in [0.25, 0.3) is 0 Å². The fourth-order valence-corrected chi connectivity index (χ4v) is 5.75. The van der Waals surface area contributed by atoms with E-state index in [9.17, 15) is 18.3 Å². The molecule has 114 valence electrons. The molecule has 1 aromatic rings. The monoisotopic (exact) mass is 374 g/mol. The van der Waals surface area contributed by atoms with Crippen LogP contribution in [0.4, 0.5) is 0 Å². The zero-order chi connectivity index (χ0) is 15.3. The van der Waals surface area contributed by atoms with Gasteiger partial charge >= 0.3 is 5.97 Å². The number of carbonyl (C=O) groups is 1. The van der Waals surface area contributed by atoms with Gasteiger partial charge < -0.3 is 9.84 Å². The molecule has 1 unspecified atom stereocenters. The SMILES string of the molecule is O=C(O)C1(Cc2cc(Br)cc3c2OCC3)CCS(=O)(=O)C1. The highest BCUT2D eigenvalue weighted by Gasteiger charge is 2.49. The smallest absolute Gasteiger partial charge is 0.311 e. The Morgan fingerprint density at radius 2 is 2.19 bits per heavy atom. The highest BCUT2D eigenvalue weighted by Crippen LogP contribution is 2.41. The Morgan fingerprint density at radius 3 is 2.81 bits per heavy atom. The Balaban J connectivity index is 2.01. The molecule has 7 heteroatoms. The maximum Gasteiger partial charge on any atom is 0.311 e. The Morgan fingerprint density at radius 1 is 1.43 bits per heavy atom. The molecule has 2 aliphatic heterocycles. The van der Waals surface area contributed by atoms with Crippen LogP contribution in [0.1, 0.15) is 17.5 Å². The van der Waals surface area contributed by atoms with Gasteiger partial charge in [0, 0.05) is 10.9 Å². The van der Waals surface area contributed by atoms with Gasteiger partial charge in [0.2, 0.25) is 0 Å². The first-order valence-corrected chi connectivity index (χ1v) is 9.31. The molecule has 2 aliphatic rings. The lowest BCUT2D eigenvalue weighted by Gasteiger charge is -2.23. The number of benzene rings is 1. The number of rotatable bonds is 3. The fourth-order valence-electron chi connectivity index (χ4n) is 3.14. The van der Waals surface area contributed by atoms with Crippen molar-refractivity contribution in [3.63, 3.8) is 0 Å². The summed E-state index contributed by atoms with van der Waals surface area (Å²) in [5.41, 5.74) is 0.580. The average Bonchev–Trinajstić information content (AvgIpc) is 2.94. The molecule has 0 aliphatic carbocycles. The number of halogens is 1. The highest BCUT2D eigenvalue weighted by atomic mass is 79.9. The zero-order valence-corrected chi connectivity index (χ0v) is 13.7. The Kier molecular flexibility index (Phi) is 3.52. The lowest BCUT2D eigenvalue weighted by Crippen LogP contribution is -2.34. The molecule has 0 radical (unpaired) electrons. The number of carboxylic acids is 1. The summed E-state index contributed by atoms with van der Waals surface area (Å²) in [6.45, 7) is 0.581. The van der Waals surface area contributed by atoms with Crippen molar-refractivity contribution in [2.45, 2.75) is 19.3 Å². The van der Waals surface area contributed by atoms with Gasteiger partial charge in [-0.25, -0.2) is 8.42 Å². The number of hydrogen-bond donors (Lipinski definition) is 1. The molecule has 0 bridgehead atoms. The van der Waals surface area contributed by atoms with E-state index in [2.05, 4.69) is 15.9 Å². The lowest BCUT2D eigenvalue weighted by atomic mass is 9.80. The van der Waals surface area contributed by atoms with Gasteiger partial charge in [-0.2, -0.15) is 0 Å². The second-order valence-corrected chi connectivity index (χ2v) is 8.86. The number of ether oxygens (including phenoxy) is 1. The van der Waals surface area contributed by atoms with Crippen LogP contribution in [0.2, 0.25) is 0 Å². The van der Waals surface area contributed by atoms with Crippen LogP contribution in [-0.4, -0.2) is 37.6 Å². The minimum absolute atomic E-state index is 0.0592. The quantitative estimate of drug-likeness (QED) is 0.872. The van der Waals surface area contributed by atoms with E-state index in [1.165, 1.54) is 0 Å². The Bertz CT molecular complexity index is 712. The first kappa shape index (κ1) is 14.8. The van der Waals surface area contributed by atoms with Crippen molar-refractivity contribution >= 4 is 31.7 Å². The Hall–Kier alpha value is -1.08. The van der Waals surface area contributed by atoms with Gasteiger partial charge in [-0.05, 0) is 36.1 Å². The van der Waals surface area contributed by atoms with E-state index in [0.717, 1.165) is 27.8 Å². The summed E-state index contributed by atoms with van der Waals surface area (Å²) in [5.74, 6) is -0.675. The van der Waals surface area contributed by atoms with Crippen LogP contribution in [0.15, 0.2) is 16.6 Å². The van der Waals surface area contributed by atoms with Gasteiger partial charge in [0.1, 0.15) is 5.75 Å². The van der Waals surface area contributed by atoms with Crippen LogP contribution in [0.5, 0.6) is 5.75 Å². The second kappa shape index (κ2) is 4.98. The first-order chi connectivity index (χ1) is 9.81. The van der Waals surface area contributed by atoms with Crippen molar-refractivity contribution in [2.24, 2.45) is 5.41 Å². The van der Waals surface area contributed by atoms with E-state index < -0.39 is 21.2 Å². The van der Waals surface area contributed by atoms with Crippen molar-refractivity contribution < 1.29 is 23.1 Å². The summed E-state index contributed by atoms with van der Waals surface area (Å²) in [5, 5.41) is 9.56. The summed E-state index contributed by atoms with van der Waals surface area (Å²) in [6.07, 6.45) is 1.13. The predicted octanol–water partition coefficient (Wildman–Crippen LogP) is 1.82. The van der Waals surface area contributed by atoms with E-state index in [0.29, 0.717) is 6.61 Å². The van der Waals surface area contributed by atoms with Crippen LogP contribution in [-0.2, 0) is 27.5 Å². The molecule has 0 aromatic heterocycles. The molecule has 0 saturated carbocycles. The van der Waals surface area contributed by atoms with Crippen LogP contribution in [0, 0.1) is 5.41 Å². The van der Waals surface area contributed by atoms with Gasteiger partial charge in [0.25, 0.3) is 0 Å². The van der Waals surface area contributed by atoms with Crippen molar-refractivity contribution in [2.75, 3.05) is 18.1 Å². The summed E-state index contributed by atoms with van der Waals surface area (Å²) < 4.78 is 29.9. The summed E-state index contributed by atoms with van der Waals surface area (Å²) in [6, 6.07) is 3.80. The third-order valence-electron chi connectivity index (χ3n) is 4.20. The highest BCUT2D eigenvalue weighted by molar-refractivity contribution is 9.10. The number of sulfone groups is 1. The van der Waals surface area contributed by atoms with Crippen molar-refractivity contribution in [1.29, 1.82) is 0 Å². The standard InChI is InChI=1S/C14H15BrO5S/c15-11-5-9-1-3-20-12(9)10(6-11)7-14(13(16)17)2-4-21(18,19)8-14/h5-6H,1-4,7-8H2,(H,16,17). The zero-order valence-electron chi connectivity index (χ0n) is 11.3. The van der Waals surface area contributed by atoms with Crippen LogP contribution >= 0.6 is 15.9 Å². The molecule has 2 heterocycles. The molecule has 1 fully saturated rings. The largest absolute Gasteiger partial charge is 0.493 e. The van der Waals surface area contributed by atoms with Crippen molar-refractivity contribution in [3.8, 4) is 5.75 Å². The van der Waals surface area contributed by atoms with E-state index in [1.807, 2.05) is 12.1 Å². The van der Waals surface area contributed by atoms with Gasteiger partial charge in [-0.1, -0.05) is 15.9 Å². The molecule has 1 aromatic carbocycles. The lowest BCUT2D eigenvalue weighted by molar-refractivity contribution is -0.147. The number of aliphatic carboxylic acids is 1. The van der Waals surface area contributed by atoms with Crippen molar-refractivity contribution in [1.82, 2.24) is 0 Å². The van der Waals surface area contributed by atoms with Gasteiger partial charge in [-0.3, -0.25) is 4.79 Å². The molecule has 1 saturated heterocycles. The molecule has 0 spiro atoms. The average molecular weight is 375 g/mol. The summed E-state index contributed by atoms with van der Waals surface area (Å²) in [4.78, 5) is 11.7. The number of hydrogen-bond acceptors (Lipinski definition) is 4. The number of carboxylic acid groups (broad SMARTS) is 1. The first-order valence-electron chi connectivity index (χ1n) is 6.69. The maximum atomic E-state index is 11.7. The summed E-state index contributed by atoms with van der Waals surface area (Å²) in [7, 11) is -3.28. The minimum atomic E-state index is -3.28. The van der Waals surface area contributed by atoms with Crippen LogP contribution < -0.4 is 4.74 Å². The Labute approximate surface area is 131 Å². The second-order valence-electron chi connectivity index (χ2n) is 5.76. The topological polar surface area (TPSA) is 80.7 Å². The van der Waals surface area contributed by atoms with E-state index in [4.69, 9.17) is 4.74 Å². The molecular weight excluding hydrogens is 360 g/mol. The van der Waals surface area contributed by atoms with E-state index in [1.54, 1.807) is 0 Å². The predicted molar refractivity (Wildman–Crippen MR) is 80.4 cm³/mol. The number of fused-ring (bicyclic) bond motifs is 1. The summed E-state index contributed by atoms with van der Waals surface area (Å²) >= 11 is 3.42. The minimum Gasteiger partial charge on any atom is -0.493 e. The molecule has 5 nitrogen and oxygen atoms in total. The normalized spacial score (nSPS) is 26.3. The molecule has 1 N–H and O–H groups in total. The van der Waals surface area contributed by atoms with Gasteiger partial charge in [0.15, 0.2) is 9.84 Å². The molecular formula is C14H15BrO5S. The van der Waals surface area contributed by atoms with Crippen molar-refractivity contribution in [3.05, 3.63) is 27.7 Å².